The zero-order chi connectivity index (χ0) is 43.8. The van der Waals surface area contributed by atoms with Gasteiger partial charge in [-0.15, -0.1) is 0 Å². The third kappa shape index (κ3) is 10.6. The fourth-order valence-corrected chi connectivity index (χ4v) is 10.4. The van der Waals surface area contributed by atoms with Gasteiger partial charge < -0.3 is 32.4 Å². The Morgan fingerprint density at radius 2 is 1.43 bits per heavy atom. The number of carbonyl (C=O) groups excluding carboxylic acids is 2. The molecule has 2 aliphatic rings. The predicted octanol–water partition coefficient (Wildman–Crippen LogP) is 8.73. The number of carbonyl (C=O) groups is 2. The number of urea groups is 1. The van der Waals surface area contributed by atoms with Gasteiger partial charge in [0.15, 0.2) is 14.5 Å². The summed E-state index contributed by atoms with van der Waals surface area (Å²) in [5.41, 5.74) is 1.35. The normalized spacial score (nSPS) is 20.7. The first-order valence-corrected chi connectivity index (χ1v) is 24.7. The van der Waals surface area contributed by atoms with Crippen LogP contribution in [-0.4, -0.2) is 100 Å². The molecule has 1 N–H and O–H groups in total. The minimum absolute atomic E-state index is 0.0144. The highest BCUT2D eigenvalue weighted by molar-refractivity contribution is 7.44. The summed E-state index contributed by atoms with van der Waals surface area (Å²) < 4.78 is 48.8. The molecule has 3 aromatic rings. The Morgan fingerprint density at radius 1 is 0.883 bits per heavy atom. The maximum Gasteiger partial charge on any atom is 0.326 e. The molecule has 0 spiro atoms. The van der Waals surface area contributed by atoms with E-state index in [0.717, 1.165) is 16.7 Å². The first kappa shape index (κ1) is 47.2. The largest absolute Gasteiger partial charge is 0.497 e. The summed E-state index contributed by atoms with van der Waals surface area (Å²) in [5, 5.41) is 11.8. The molecule has 2 fully saturated rings. The van der Waals surface area contributed by atoms with Crippen molar-refractivity contribution in [3.05, 3.63) is 95.6 Å². The Hall–Kier alpha value is -3.90. The van der Waals surface area contributed by atoms with Crippen molar-refractivity contribution < 1.29 is 42.0 Å². The van der Waals surface area contributed by atoms with Crippen molar-refractivity contribution in [2.24, 2.45) is 0 Å². The second-order valence-corrected chi connectivity index (χ2v) is 23.3. The maximum atomic E-state index is 13.7. The minimum Gasteiger partial charge on any atom is -0.497 e. The number of benzene rings is 3. The highest BCUT2D eigenvalue weighted by Gasteiger charge is 2.56. The second kappa shape index (κ2) is 20.3. The van der Waals surface area contributed by atoms with Crippen LogP contribution in [0.15, 0.2) is 78.9 Å². The summed E-state index contributed by atoms with van der Waals surface area (Å²) in [6.07, 6.45) is -3.12. The molecule has 0 bridgehead atoms. The van der Waals surface area contributed by atoms with E-state index in [9.17, 15) is 14.9 Å². The fraction of sp³-hybridized carbons (Fsp3) is 0.533. The number of nitrogens with one attached hydrogen (secondary N) is 1. The van der Waals surface area contributed by atoms with E-state index >= 15 is 0 Å². The lowest BCUT2D eigenvalue weighted by molar-refractivity contribution is -0.127. The highest BCUT2D eigenvalue weighted by atomic mass is 31.2. The molecule has 0 aliphatic carbocycles. The molecule has 15 heteroatoms. The number of nitriles is 1. The number of amides is 3. The lowest BCUT2D eigenvalue weighted by atomic mass is 9.80. The molecule has 0 saturated carbocycles. The van der Waals surface area contributed by atoms with Crippen molar-refractivity contribution in [1.82, 2.24) is 14.9 Å². The van der Waals surface area contributed by atoms with Gasteiger partial charge in [-0.2, -0.15) is 5.26 Å². The standard InChI is InChI=1S/C45H63N4O9PSi/c1-31(2)49(32(3)4)59(55-29-15-27-46)57-40-38(56-42(48-28-26-39(50)47-43(48)51)41(40)58-60(10,11)44(5,6)7)30-54-45(33-16-13-12-14-17-33,34-18-22-36(52-8)23-19-34)35-20-24-37(53-9)25-21-35/h12-14,16-25,31-32,38,40-42H,15,26,28-30H2,1-11H3,(H,47,50,51). The van der Waals surface area contributed by atoms with Gasteiger partial charge in [-0.05, 0) is 86.8 Å². The summed E-state index contributed by atoms with van der Waals surface area (Å²) in [4.78, 5) is 27.7. The topological polar surface area (TPSA) is 141 Å². The van der Waals surface area contributed by atoms with Crippen molar-refractivity contribution in [3.8, 4) is 17.6 Å². The molecule has 5 atom stereocenters. The average molecular weight is 863 g/mol. The van der Waals surface area contributed by atoms with Gasteiger partial charge in [0, 0.05) is 25.0 Å². The fourth-order valence-electron chi connectivity index (χ4n) is 7.36. The van der Waals surface area contributed by atoms with E-state index in [0.29, 0.717) is 11.5 Å². The van der Waals surface area contributed by atoms with Crippen LogP contribution in [0.2, 0.25) is 18.1 Å². The molecule has 13 nitrogen and oxygen atoms in total. The Balaban J connectivity index is 1.70. The van der Waals surface area contributed by atoms with E-state index in [1.54, 1.807) is 14.2 Å². The van der Waals surface area contributed by atoms with Gasteiger partial charge >= 0.3 is 6.03 Å². The van der Waals surface area contributed by atoms with E-state index in [4.69, 9.17) is 32.4 Å². The van der Waals surface area contributed by atoms with Crippen molar-refractivity contribution in [1.29, 1.82) is 5.26 Å². The van der Waals surface area contributed by atoms with E-state index < -0.39 is 53.0 Å². The first-order chi connectivity index (χ1) is 28.5. The average Bonchev–Trinajstić information content (AvgIpc) is 3.53. The molecule has 3 aromatic carbocycles. The van der Waals surface area contributed by atoms with Crippen molar-refractivity contribution in [2.75, 3.05) is 34.0 Å². The van der Waals surface area contributed by atoms with Crippen LogP contribution in [0.4, 0.5) is 4.79 Å². The third-order valence-electron chi connectivity index (χ3n) is 11.4. The van der Waals surface area contributed by atoms with Crippen LogP contribution >= 0.6 is 8.53 Å². The predicted molar refractivity (Wildman–Crippen MR) is 234 cm³/mol. The van der Waals surface area contributed by atoms with Crippen LogP contribution in [0.1, 0.15) is 78.0 Å². The zero-order valence-corrected chi connectivity index (χ0v) is 38.9. The molecule has 5 unspecified atom stereocenters. The molecule has 0 aromatic heterocycles. The smallest absolute Gasteiger partial charge is 0.326 e. The molecule has 326 valence electrons. The van der Waals surface area contributed by atoms with Crippen molar-refractivity contribution in [2.45, 2.75) is 122 Å². The van der Waals surface area contributed by atoms with Gasteiger partial charge in [0.2, 0.25) is 5.91 Å². The monoisotopic (exact) mass is 862 g/mol. The third-order valence-corrected chi connectivity index (χ3v) is 18.0. The summed E-state index contributed by atoms with van der Waals surface area (Å²) in [5.74, 6) is 1.04. The van der Waals surface area contributed by atoms with Gasteiger partial charge in [0.1, 0.15) is 35.4 Å². The molecule has 0 radical (unpaired) electrons. The maximum absolute atomic E-state index is 13.7. The molecule has 5 rings (SSSR count). The Bertz CT molecular complexity index is 1850. The summed E-state index contributed by atoms with van der Waals surface area (Å²) in [7, 11) is -1.15. The van der Waals surface area contributed by atoms with Crippen LogP contribution in [0.5, 0.6) is 11.5 Å². The Kier molecular flexibility index (Phi) is 16.0. The number of hydrogen-bond acceptors (Lipinski definition) is 11. The lowest BCUT2D eigenvalue weighted by Gasteiger charge is -2.43. The summed E-state index contributed by atoms with van der Waals surface area (Å²) in [6.45, 7) is 19.4. The highest BCUT2D eigenvalue weighted by Crippen LogP contribution is 2.52. The van der Waals surface area contributed by atoms with Crippen LogP contribution in [0.25, 0.3) is 0 Å². The SMILES string of the molecule is COc1ccc(C(OCC2OC(N3CCC(=O)NC3=O)C(O[Si](C)(C)C(C)(C)C)C2OP(OCCC#N)N(C(C)C)C(C)C)(c2ccccc2)c2ccc(OC)cc2)cc1. The van der Waals surface area contributed by atoms with Crippen LogP contribution in [0, 0.1) is 11.3 Å². The van der Waals surface area contributed by atoms with Gasteiger partial charge in [-0.3, -0.25) is 15.0 Å². The van der Waals surface area contributed by atoms with E-state index in [1.807, 2.05) is 78.9 Å². The lowest BCUT2D eigenvalue weighted by Crippen LogP contribution is -2.59. The summed E-state index contributed by atoms with van der Waals surface area (Å²) >= 11 is 0. The second-order valence-electron chi connectivity index (χ2n) is 17.1. The van der Waals surface area contributed by atoms with Crippen molar-refractivity contribution in [3.63, 3.8) is 0 Å². The number of ether oxygens (including phenoxy) is 4. The van der Waals surface area contributed by atoms with Gasteiger partial charge in [-0.1, -0.05) is 75.4 Å². The molecule has 3 amide bonds. The number of methoxy groups -OCH3 is 2. The van der Waals surface area contributed by atoms with Gasteiger partial charge in [-0.25, -0.2) is 9.46 Å². The first-order valence-electron chi connectivity index (χ1n) is 20.6. The molecule has 2 aliphatic heterocycles. The van der Waals surface area contributed by atoms with Crippen LogP contribution in [-0.2, 0) is 33.3 Å². The van der Waals surface area contributed by atoms with Crippen LogP contribution < -0.4 is 14.8 Å². The Morgan fingerprint density at radius 3 is 1.92 bits per heavy atom. The van der Waals surface area contributed by atoms with Gasteiger partial charge in [0.25, 0.3) is 8.53 Å². The number of rotatable bonds is 19. The van der Waals surface area contributed by atoms with E-state index in [1.165, 1.54) is 4.90 Å². The Labute approximate surface area is 358 Å². The quantitative estimate of drug-likeness (QED) is 0.0536. The van der Waals surface area contributed by atoms with E-state index in [2.05, 4.69) is 77.6 Å². The number of hydrogen-bond donors (Lipinski definition) is 1. The number of nitrogens with zero attached hydrogens (tertiary/aromatic N) is 3. The minimum atomic E-state index is -2.61. The molecular formula is C45H63N4O9PSi. The zero-order valence-electron chi connectivity index (χ0n) is 37.0. The molecule has 2 heterocycles. The van der Waals surface area contributed by atoms with Crippen LogP contribution in [0.3, 0.4) is 0 Å². The summed E-state index contributed by atoms with van der Waals surface area (Å²) in [6, 6.07) is 27.2. The molecular weight excluding hydrogens is 800 g/mol. The number of imide groups is 1. The van der Waals surface area contributed by atoms with E-state index in [-0.39, 0.29) is 55.6 Å². The van der Waals surface area contributed by atoms with Crippen molar-refractivity contribution >= 4 is 28.8 Å². The molecule has 60 heavy (non-hydrogen) atoms. The molecule has 2 saturated heterocycles. The van der Waals surface area contributed by atoms with Gasteiger partial charge in [0.05, 0.1) is 39.9 Å².